The van der Waals surface area contributed by atoms with Crippen molar-refractivity contribution in [3.8, 4) is 5.75 Å². The number of hydrogen-bond acceptors (Lipinski definition) is 1. The summed E-state index contributed by atoms with van der Waals surface area (Å²) < 4.78 is 5.44. The Kier molecular flexibility index (Phi) is 2.53. The van der Waals surface area contributed by atoms with Crippen LogP contribution in [0.4, 0.5) is 0 Å². The van der Waals surface area contributed by atoms with Crippen LogP contribution in [0.1, 0.15) is 19.4 Å². The first kappa shape index (κ1) is 8.12. The normalized spacial score (nSPS) is 10.2. The average Bonchev–Trinajstić information content (AvgIpc) is 1.93. The van der Waals surface area contributed by atoms with E-state index in [4.69, 9.17) is 4.74 Å². The van der Waals surface area contributed by atoms with Crippen molar-refractivity contribution in [2.45, 2.75) is 20.0 Å². The minimum Gasteiger partial charge on any atom is -0.491 e. The van der Waals surface area contributed by atoms with Gasteiger partial charge in [-0.3, -0.25) is 0 Å². The highest BCUT2D eigenvalue weighted by Gasteiger charge is 1.94. The second-order valence-corrected chi connectivity index (χ2v) is 2.81. The SMILES string of the molecule is [CH2]c1ccc(OC(C)C)cc1. The molecule has 0 aliphatic carbocycles. The molecule has 0 spiro atoms. The van der Waals surface area contributed by atoms with Crippen LogP contribution in [-0.2, 0) is 0 Å². The van der Waals surface area contributed by atoms with Gasteiger partial charge in [0.15, 0.2) is 0 Å². The molecule has 0 aliphatic rings. The van der Waals surface area contributed by atoms with Gasteiger partial charge in [-0.15, -0.1) is 0 Å². The Hall–Kier alpha value is -0.980. The molecule has 1 aromatic carbocycles. The predicted octanol–water partition coefficient (Wildman–Crippen LogP) is 2.66. The van der Waals surface area contributed by atoms with Crippen molar-refractivity contribution in [1.82, 2.24) is 0 Å². The Balaban J connectivity index is 2.66. The molecule has 1 nitrogen and oxygen atoms in total. The van der Waals surface area contributed by atoms with Crippen molar-refractivity contribution in [2.24, 2.45) is 0 Å². The quantitative estimate of drug-likeness (QED) is 0.628. The molecule has 11 heavy (non-hydrogen) atoms. The van der Waals surface area contributed by atoms with Gasteiger partial charge in [-0.2, -0.15) is 0 Å². The van der Waals surface area contributed by atoms with Gasteiger partial charge in [0.25, 0.3) is 0 Å². The van der Waals surface area contributed by atoms with Gasteiger partial charge in [0.05, 0.1) is 6.10 Å². The Morgan fingerprint density at radius 3 is 2.18 bits per heavy atom. The summed E-state index contributed by atoms with van der Waals surface area (Å²) in [4.78, 5) is 0. The molecule has 0 bridgehead atoms. The fraction of sp³-hybridized carbons (Fsp3) is 0.300. The van der Waals surface area contributed by atoms with E-state index in [0.29, 0.717) is 0 Å². The van der Waals surface area contributed by atoms with Crippen LogP contribution in [0, 0.1) is 6.92 Å². The molecule has 0 fully saturated rings. The zero-order valence-corrected chi connectivity index (χ0v) is 7.00. The molecule has 0 unspecified atom stereocenters. The van der Waals surface area contributed by atoms with Crippen molar-refractivity contribution >= 4 is 0 Å². The number of hydrogen-bond donors (Lipinski definition) is 0. The second-order valence-electron chi connectivity index (χ2n) is 2.81. The van der Waals surface area contributed by atoms with Crippen molar-refractivity contribution in [1.29, 1.82) is 0 Å². The predicted molar refractivity (Wildman–Crippen MR) is 46.7 cm³/mol. The van der Waals surface area contributed by atoms with Gasteiger partial charge >= 0.3 is 0 Å². The third kappa shape index (κ3) is 2.62. The summed E-state index contributed by atoms with van der Waals surface area (Å²) in [6.45, 7) is 7.81. The third-order valence-electron chi connectivity index (χ3n) is 1.30. The number of ether oxygens (including phenoxy) is 1. The summed E-state index contributed by atoms with van der Waals surface area (Å²) in [5.41, 5.74) is 1.01. The largest absolute Gasteiger partial charge is 0.491 e. The van der Waals surface area contributed by atoms with Crippen molar-refractivity contribution in [2.75, 3.05) is 0 Å². The van der Waals surface area contributed by atoms with Crippen molar-refractivity contribution in [3.63, 3.8) is 0 Å². The van der Waals surface area contributed by atoms with Crippen LogP contribution in [0.2, 0.25) is 0 Å². The molecule has 0 N–H and O–H groups in total. The lowest BCUT2D eigenvalue weighted by molar-refractivity contribution is 0.242. The molecule has 0 saturated carbocycles. The van der Waals surface area contributed by atoms with Gasteiger partial charge in [-0.25, -0.2) is 0 Å². The zero-order chi connectivity index (χ0) is 8.27. The van der Waals surface area contributed by atoms with Crippen LogP contribution in [0.25, 0.3) is 0 Å². The smallest absolute Gasteiger partial charge is 0.119 e. The topological polar surface area (TPSA) is 9.23 Å². The highest BCUT2D eigenvalue weighted by molar-refractivity contribution is 5.28. The van der Waals surface area contributed by atoms with Crippen LogP contribution in [0.15, 0.2) is 24.3 Å². The zero-order valence-electron chi connectivity index (χ0n) is 7.00. The van der Waals surface area contributed by atoms with Crippen molar-refractivity contribution in [3.05, 3.63) is 36.8 Å². The van der Waals surface area contributed by atoms with E-state index in [0.717, 1.165) is 11.3 Å². The van der Waals surface area contributed by atoms with Crippen LogP contribution in [-0.4, -0.2) is 6.10 Å². The molecule has 0 aliphatic heterocycles. The number of rotatable bonds is 2. The third-order valence-corrected chi connectivity index (χ3v) is 1.30. The summed E-state index contributed by atoms with van der Waals surface area (Å²) in [5.74, 6) is 0.910. The Morgan fingerprint density at radius 2 is 1.73 bits per heavy atom. The van der Waals surface area contributed by atoms with Crippen molar-refractivity contribution < 1.29 is 4.74 Å². The lowest BCUT2D eigenvalue weighted by Gasteiger charge is -2.08. The molecular formula is C10H13O. The standard InChI is InChI=1S/C10H13O/c1-8(2)11-10-6-4-9(3)5-7-10/h4-8H,3H2,1-2H3. The Bertz CT molecular complexity index is 211. The molecule has 0 aromatic heterocycles. The first-order chi connectivity index (χ1) is 5.18. The maximum Gasteiger partial charge on any atom is 0.119 e. The Morgan fingerprint density at radius 1 is 1.18 bits per heavy atom. The van der Waals surface area contributed by atoms with Gasteiger partial charge in [-0.1, -0.05) is 12.1 Å². The van der Waals surface area contributed by atoms with Crippen LogP contribution < -0.4 is 4.74 Å². The van der Waals surface area contributed by atoms with Gasteiger partial charge in [0.1, 0.15) is 5.75 Å². The molecule has 59 valence electrons. The fourth-order valence-electron chi connectivity index (χ4n) is 0.840. The average molecular weight is 149 g/mol. The summed E-state index contributed by atoms with van der Waals surface area (Å²) >= 11 is 0. The molecular weight excluding hydrogens is 136 g/mol. The summed E-state index contributed by atoms with van der Waals surface area (Å²) in [7, 11) is 0. The molecule has 1 heteroatoms. The van der Waals surface area contributed by atoms with E-state index in [9.17, 15) is 0 Å². The fourth-order valence-corrected chi connectivity index (χ4v) is 0.840. The summed E-state index contributed by atoms with van der Waals surface area (Å²) in [6, 6.07) is 7.75. The molecule has 0 saturated heterocycles. The summed E-state index contributed by atoms with van der Waals surface area (Å²) in [6.07, 6.45) is 0.241. The van der Waals surface area contributed by atoms with E-state index in [1.807, 2.05) is 38.1 Å². The van der Waals surface area contributed by atoms with E-state index >= 15 is 0 Å². The lowest BCUT2D eigenvalue weighted by Crippen LogP contribution is -2.05. The maximum atomic E-state index is 5.44. The van der Waals surface area contributed by atoms with Gasteiger partial charge in [-0.05, 0) is 38.5 Å². The summed E-state index contributed by atoms with van der Waals surface area (Å²) in [5, 5.41) is 0. The highest BCUT2D eigenvalue weighted by Crippen LogP contribution is 2.12. The van der Waals surface area contributed by atoms with E-state index < -0.39 is 0 Å². The van der Waals surface area contributed by atoms with Crippen LogP contribution >= 0.6 is 0 Å². The molecule has 0 atom stereocenters. The van der Waals surface area contributed by atoms with Gasteiger partial charge in [0.2, 0.25) is 0 Å². The number of benzene rings is 1. The minimum absolute atomic E-state index is 0.241. The van der Waals surface area contributed by atoms with Gasteiger partial charge < -0.3 is 4.74 Å². The first-order valence-electron chi connectivity index (χ1n) is 3.77. The second kappa shape index (κ2) is 3.42. The molecule has 1 rings (SSSR count). The van der Waals surface area contributed by atoms with Crippen LogP contribution in [0.3, 0.4) is 0 Å². The molecule has 1 radical (unpaired) electrons. The molecule has 0 amide bonds. The maximum absolute atomic E-state index is 5.44. The van der Waals surface area contributed by atoms with E-state index in [2.05, 4.69) is 6.92 Å². The lowest BCUT2D eigenvalue weighted by atomic mass is 10.2. The molecule has 0 heterocycles. The monoisotopic (exact) mass is 149 g/mol. The van der Waals surface area contributed by atoms with Crippen LogP contribution in [0.5, 0.6) is 5.75 Å². The minimum atomic E-state index is 0.241. The van der Waals surface area contributed by atoms with Gasteiger partial charge in [0, 0.05) is 0 Å². The highest BCUT2D eigenvalue weighted by atomic mass is 16.5. The Labute approximate surface area is 68.0 Å². The first-order valence-corrected chi connectivity index (χ1v) is 3.77. The van der Waals surface area contributed by atoms with E-state index in [1.54, 1.807) is 0 Å². The molecule has 1 aromatic rings. The van der Waals surface area contributed by atoms with E-state index in [1.165, 1.54) is 0 Å². The van der Waals surface area contributed by atoms with E-state index in [-0.39, 0.29) is 6.10 Å².